The molecule has 1 aromatic carbocycles. The lowest BCUT2D eigenvalue weighted by Gasteiger charge is -2.07. The minimum atomic E-state index is -3.82. The molecule has 0 aromatic heterocycles. The van der Waals surface area contributed by atoms with E-state index in [1.807, 2.05) is 0 Å². The molecule has 0 saturated carbocycles. The fourth-order valence-electron chi connectivity index (χ4n) is 1.15. The van der Waals surface area contributed by atoms with E-state index in [9.17, 15) is 13.2 Å². The number of ether oxygens (including phenoxy) is 1. The molecule has 1 amide bonds. The van der Waals surface area contributed by atoms with Gasteiger partial charge in [0.25, 0.3) is 10.2 Å². The van der Waals surface area contributed by atoms with E-state index >= 15 is 0 Å². The fraction of sp³-hybridized carbons (Fsp3) is 0.222. The minimum Gasteiger partial charge on any atom is -0.375 e. The summed E-state index contributed by atoms with van der Waals surface area (Å²) in [5.41, 5.74) is 0.711. The fourth-order valence-corrected chi connectivity index (χ4v) is 1.61. The molecule has 0 aliphatic carbocycles. The zero-order valence-corrected chi connectivity index (χ0v) is 9.95. The van der Waals surface area contributed by atoms with Crippen molar-refractivity contribution in [3.8, 4) is 0 Å². The first-order valence-electron chi connectivity index (χ1n) is 4.60. The standard InChI is InChI=1S/C9H13N3O4S/c1-16-6-9(13)11-7-3-2-4-8(5-7)12-17(10,14)15/h2-5,12H,6H2,1H3,(H,11,13)(H2,10,14,15). The van der Waals surface area contributed by atoms with Gasteiger partial charge in [0.05, 0.1) is 5.69 Å². The van der Waals surface area contributed by atoms with Gasteiger partial charge >= 0.3 is 0 Å². The van der Waals surface area contributed by atoms with Gasteiger partial charge in [-0.1, -0.05) is 6.07 Å². The molecule has 1 rings (SSSR count). The second-order valence-corrected chi connectivity index (χ2v) is 4.50. The summed E-state index contributed by atoms with van der Waals surface area (Å²) < 4.78 is 28.3. The van der Waals surface area contributed by atoms with E-state index in [0.717, 1.165) is 0 Å². The first-order chi connectivity index (χ1) is 7.90. The van der Waals surface area contributed by atoms with Gasteiger partial charge < -0.3 is 10.1 Å². The highest BCUT2D eigenvalue weighted by molar-refractivity contribution is 7.90. The summed E-state index contributed by atoms with van der Waals surface area (Å²) in [7, 11) is -2.42. The molecule has 1 aromatic rings. The minimum absolute atomic E-state index is 0.0765. The van der Waals surface area contributed by atoms with E-state index in [-0.39, 0.29) is 18.2 Å². The van der Waals surface area contributed by atoms with E-state index in [2.05, 4.69) is 14.8 Å². The lowest BCUT2D eigenvalue weighted by Crippen LogP contribution is -2.22. The van der Waals surface area contributed by atoms with Crippen LogP contribution in [0.5, 0.6) is 0 Å². The summed E-state index contributed by atoms with van der Waals surface area (Å²) in [6, 6.07) is 6.15. The van der Waals surface area contributed by atoms with Gasteiger partial charge in [-0.15, -0.1) is 0 Å². The number of anilines is 2. The lowest BCUT2D eigenvalue weighted by atomic mass is 10.3. The number of amides is 1. The Morgan fingerprint density at radius 3 is 2.65 bits per heavy atom. The molecule has 0 heterocycles. The predicted octanol–water partition coefficient (Wildman–Crippen LogP) is -0.113. The summed E-state index contributed by atoms with van der Waals surface area (Å²) in [5.74, 6) is -0.333. The summed E-state index contributed by atoms with van der Waals surface area (Å²) in [4.78, 5) is 11.2. The van der Waals surface area contributed by atoms with Crippen molar-refractivity contribution in [2.75, 3.05) is 23.8 Å². The molecular formula is C9H13N3O4S. The van der Waals surface area contributed by atoms with Crippen LogP contribution in [0.15, 0.2) is 24.3 Å². The zero-order valence-electron chi connectivity index (χ0n) is 9.14. The van der Waals surface area contributed by atoms with Crippen LogP contribution in [0, 0.1) is 0 Å². The van der Waals surface area contributed by atoms with Crippen LogP contribution in [0.4, 0.5) is 11.4 Å². The molecule has 7 nitrogen and oxygen atoms in total. The number of benzene rings is 1. The van der Waals surface area contributed by atoms with Gasteiger partial charge in [-0.05, 0) is 18.2 Å². The molecule has 17 heavy (non-hydrogen) atoms. The van der Waals surface area contributed by atoms with E-state index in [0.29, 0.717) is 5.69 Å². The van der Waals surface area contributed by atoms with E-state index in [1.54, 1.807) is 12.1 Å². The van der Waals surface area contributed by atoms with Crippen LogP contribution in [0.25, 0.3) is 0 Å². The molecule has 4 N–H and O–H groups in total. The Morgan fingerprint density at radius 2 is 2.06 bits per heavy atom. The summed E-state index contributed by atoms with van der Waals surface area (Å²) in [5, 5.41) is 7.35. The topological polar surface area (TPSA) is 111 Å². The first kappa shape index (κ1) is 13.4. The molecule has 0 fully saturated rings. The molecule has 0 saturated heterocycles. The van der Waals surface area contributed by atoms with Gasteiger partial charge in [-0.2, -0.15) is 8.42 Å². The predicted molar refractivity (Wildman–Crippen MR) is 63.7 cm³/mol. The maximum Gasteiger partial charge on any atom is 0.296 e. The highest BCUT2D eigenvalue weighted by Gasteiger charge is 2.05. The van der Waals surface area contributed by atoms with Crippen molar-refractivity contribution in [1.82, 2.24) is 0 Å². The van der Waals surface area contributed by atoms with Crippen LogP contribution in [-0.4, -0.2) is 28.0 Å². The van der Waals surface area contributed by atoms with E-state index in [4.69, 9.17) is 5.14 Å². The van der Waals surface area contributed by atoms with Crippen molar-refractivity contribution in [3.05, 3.63) is 24.3 Å². The van der Waals surface area contributed by atoms with Crippen molar-refractivity contribution in [3.63, 3.8) is 0 Å². The maximum atomic E-state index is 11.2. The SMILES string of the molecule is COCC(=O)Nc1cccc(NS(N)(=O)=O)c1. The van der Waals surface area contributed by atoms with Crippen LogP contribution < -0.4 is 15.2 Å². The zero-order chi connectivity index (χ0) is 12.9. The second kappa shape index (κ2) is 5.62. The number of carbonyl (C=O) groups excluding carboxylic acids is 1. The van der Waals surface area contributed by atoms with Crippen molar-refractivity contribution < 1.29 is 17.9 Å². The Bertz CT molecular complexity index is 501. The van der Waals surface area contributed by atoms with Crippen LogP contribution in [-0.2, 0) is 19.7 Å². The molecule has 0 aliphatic heterocycles. The molecule has 8 heteroatoms. The normalized spacial score (nSPS) is 10.9. The quantitative estimate of drug-likeness (QED) is 0.685. The molecule has 0 radical (unpaired) electrons. The molecule has 0 atom stereocenters. The van der Waals surface area contributed by atoms with Crippen LogP contribution in [0.3, 0.4) is 0 Å². The molecule has 0 unspecified atom stereocenters. The number of nitrogens with two attached hydrogens (primary N) is 1. The average molecular weight is 259 g/mol. The second-order valence-electron chi connectivity index (χ2n) is 3.21. The van der Waals surface area contributed by atoms with E-state index in [1.165, 1.54) is 19.2 Å². The average Bonchev–Trinajstić information content (AvgIpc) is 2.15. The Morgan fingerprint density at radius 1 is 1.41 bits per heavy atom. The summed E-state index contributed by atoms with van der Waals surface area (Å²) in [6.07, 6.45) is 0. The largest absolute Gasteiger partial charge is 0.375 e. The van der Waals surface area contributed by atoms with E-state index < -0.39 is 10.2 Å². The molecule has 0 spiro atoms. The highest BCUT2D eigenvalue weighted by Crippen LogP contribution is 2.15. The molecule has 0 aliphatic rings. The summed E-state index contributed by atoms with van der Waals surface area (Å²) >= 11 is 0. The van der Waals surface area contributed by atoms with Crippen LogP contribution in [0.2, 0.25) is 0 Å². The molecule has 0 bridgehead atoms. The number of nitrogens with one attached hydrogen (secondary N) is 2. The van der Waals surface area contributed by atoms with Crippen molar-refractivity contribution in [1.29, 1.82) is 0 Å². The number of hydrogen-bond acceptors (Lipinski definition) is 4. The first-order valence-corrected chi connectivity index (χ1v) is 6.15. The van der Waals surface area contributed by atoms with Crippen molar-refractivity contribution >= 4 is 27.5 Å². The highest BCUT2D eigenvalue weighted by atomic mass is 32.2. The lowest BCUT2D eigenvalue weighted by molar-refractivity contribution is -0.119. The van der Waals surface area contributed by atoms with Crippen LogP contribution >= 0.6 is 0 Å². The Labute approximate surface area is 99.1 Å². The number of hydrogen-bond donors (Lipinski definition) is 3. The summed E-state index contributed by atoms with van der Waals surface area (Å²) in [6.45, 7) is -0.0765. The third-order valence-electron chi connectivity index (χ3n) is 1.68. The smallest absolute Gasteiger partial charge is 0.296 e. The maximum absolute atomic E-state index is 11.2. The van der Waals surface area contributed by atoms with Gasteiger partial charge in [0, 0.05) is 12.8 Å². The number of rotatable bonds is 5. The Balaban J connectivity index is 2.76. The number of carbonyl (C=O) groups is 1. The van der Waals surface area contributed by atoms with Gasteiger partial charge in [0.15, 0.2) is 0 Å². The van der Waals surface area contributed by atoms with Gasteiger partial charge in [-0.25, -0.2) is 5.14 Å². The van der Waals surface area contributed by atoms with Crippen molar-refractivity contribution in [2.45, 2.75) is 0 Å². The Hall–Kier alpha value is -1.64. The third kappa shape index (κ3) is 5.29. The van der Waals surface area contributed by atoms with Crippen LogP contribution in [0.1, 0.15) is 0 Å². The van der Waals surface area contributed by atoms with Gasteiger partial charge in [-0.3, -0.25) is 9.52 Å². The van der Waals surface area contributed by atoms with Gasteiger partial charge in [0.1, 0.15) is 6.61 Å². The third-order valence-corrected chi connectivity index (χ3v) is 2.20. The van der Waals surface area contributed by atoms with Crippen molar-refractivity contribution in [2.24, 2.45) is 5.14 Å². The van der Waals surface area contributed by atoms with Gasteiger partial charge in [0.2, 0.25) is 5.91 Å². The molecular weight excluding hydrogens is 246 g/mol. The monoisotopic (exact) mass is 259 g/mol. The number of methoxy groups -OCH3 is 1. The molecule has 94 valence electrons. The Kier molecular flexibility index (Phi) is 4.44.